The van der Waals surface area contributed by atoms with Gasteiger partial charge in [-0.3, -0.25) is 9.59 Å². The second-order valence-corrected chi connectivity index (χ2v) is 17.0. The molecule has 0 heterocycles. The van der Waals surface area contributed by atoms with Crippen molar-refractivity contribution < 1.29 is 24.5 Å². The standard InChI is InChI=1S/C55H95NO5/c1-4-7-10-13-16-19-22-24-26-27-28-30-33-36-39-42-45-48-55(60)61-51(46-43-40-37-34-31-21-18-15-12-9-6-3)49-54(59)56-52(50-57)53(58)47-44-41-38-35-32-29-25-23-20-17-14-11-8-5-2/h7,10,13,16,19,22,24,26-28,30,33-34,37,51-53,57-58H,4-6,8-9,11-12,14-15,17-18,20-21,23,25,29,31-32,35-36,38-50H2,1-3H3,(H,56,59)/b10-7-,16-13+,22-19+,26-24-,28-27+,33-30+,37-34-. The van der Waals surface area contributed by atoms with Gasteiger partial charge in [0.15, 0.2) is 0 Å². The van der Waals surface area contributed by atoms with Gasteiger partial charge in [-0.25, -0.2) is 0 Å². The van der Waals surface area contributed by atoms with Crippen LogP contribution in [-0.4, -0.2) is 46.9 Å². The van der Waals surface area contributed by atoms with E-state index in [1.807, 2.05) is 54.7 Å². The molecule has 0 rings (SSSR count). The third kappa shape index (κ3) is 43.5. The van der Waals surface area contributed by atoms with Crippen molar-refractivity contribution in [1.29, 1.82) is 0 Å². The number of nitrogens with one attached hydrogen (secondary N) is 1. The molecule has 3 unspecified atom stereocenters. The Kier molecular flexibility index (Phi) is 45.7. The SMILES string of the molecule is CC\C=C/C=C/C=C/C=C\C=C\C=C\CCCCCC(=O)OC(CCC/C=C\CCCCCCCC)CC(=O)NC(CO)C(O)CCCCCCCCCCCCCCCC. The van der Waals surface area contributed by atoms with E-state index in [4.69, 9.17) is 4.74 Å². The van der Waals surface area contributed by atoms with E-state index in [2.05, 4.69) is 56.5 Å². The lowest BCUT2D eigenvalue weighted by molar-refractivity contribution is -0.151. The molecule has 0 aliphatic rings. The average Bonchev–Trinajstić information content (AvgIpc) is 3.25. The normalized spacial score (nSPS) is 14.0. The second kappa shape index (κ2) is 48.1. The average molecular weight is 850 g/mol. The minimum Gasteiger partial charge on any atom is -0.462 e. The fourth-order valence-electron chi connectivity index (χ4n) is 7.29. The van der Waals surface area contributed by atoms with Gasteiger partial charge in [0.2, 0.25) is 5.91 Å². The number of aliphatic hydroxyl groups excluding tert-OH is 2. The van der Waals surface area contributed by atoms with Crippen molar-refractivity contribution in [2.24, 2.45) is 0 Å². The Morgan fingerprint density at radius 3 is 1.43 bits per heavy atom. The lowest BCUT2D eigenvalue weighted by Gasteiger charge is -2.24. The molecule has 61 heavy (non-hydrogen) atoms. The van der Waals surface area contributed by atoms with Gasteiger partial charge >= 0.3 is 5.97 Å². The number of aliphatic hydroxyl groups is 2. The highest BCUT2D eigenvalue weighted by Crippen LogP contribution is 2.17. The fraction of sp³-hybridized carbons (Fsp3) is 0.709. The zero-order valence-corrected chi connectivity index (χ0v) is 39.8. The highest BCUT2D eigenvalue weighted by atomic mass is 16.5. The Morgan fingerprint density at radius 1 is 0.492 bits per heavy atom. The minimum atomic E-state index is -0.806. The molecule has 0 aliphatic heterocycles. The van der Waals surface area contributed by atoms with Crippen LogP contribution >= 0.6 is 0 Å². The van der Waals surface area contributed by atoms with E-state index in [9.17, 15) is 19.8 Å². The molecular formula is C55H95NO5. The number of esters is 1. The maximum absolute atomic E-state index is 13.2. The molecule has 6 nitrogen and oxygen atoms in total. The van der Waals surface area contributed by atoms with Crippen molar-refractivity contribution in [3.05, 3.63) is 85.1 Å². The number of hydrogen-bond acceptors (Lipinski definition) is 5. The summed E-state index contributed by atoms with van der Waals surface area (Å²) in [6, 6.07) is -0.723. The molecule has 0 fully saturated rings. The predicted octanol–water partition coefficient (Wildman–Crippen LogP) is 15.2. The first-order valence-corrected chi connectivity index (χ1v) is 25.4. The monoisotopic (exact) mass is 850 g/mol. The van der Waals surface area contributed by atoms with Crippen LogP contribution in [0.4, 0.5) is 0 Å². The Labute approximate surface area is 376 Å². The Bertz CT molecular complexity index is 1180. The van der Waals surface area contributed by atoms with Crippen LogP contribution < -0.4 is 5.32 Å². The van der Waals surface area contributed by atoms with Crippen molar-refractivity contribution in [3.8, 4) is 0 Å². The first-order valence-electron chi connectivity index (χ1n) is 25.4. The first-order chi connectivity index (χ1) is 30.0. The third-order valence-electron chi connectivity index (χ3n) is 11.1. The summed E-state index contributed by atoms with van der Waals surface area (Å²) in [5.74, 6) is -0.559. The lowest BCUT2D eigenvalue weighted by Crippen LogP contribution is -2.46. The van der Waals surface area contributed by atoms with Gasteiger partial charge in [-0.15, -0.1) is 0 Å². The lowest BCUT2D eigenvalue weighted by atomic mass is 10.0. The number of rotatable bonds is 44. The van der Waals surface area contributed by atoms with Crippen molar-refractivity contribution in [2.75, 3.05) is 6.61 Å². The highest BCUT2D eigenvalue weighted by molar-refractivity contribution is 5.77. The number of allylic oxidation sites excluding steroid dienone is 14. The molecule has 0 aromatic heterocycles. The van der Waals surface area contributed by atoms with Crippen molar-refractivity contribution in [2.45, 2.75) is 244 Å². The Hall–Kier alpha value is -2.96. The summed E-state index contributed by atoms with van der Waals surface area (Å²) in [5, 5.41) is 23.7. The number of carbonyl (C=O) groups excluding carboxylic acids is 2. The Balaban J connectivity index is 4.66. The fourth-order valence-corrected chi connectivity index (χ4v) is 7.29. The van der Waals surface area contributed by atoms with Gasteiger partial charge in [-0.2, -0.15) is 0 Å². The van der Waals surface area contributed by atoms with Crippen molar-refractivity contribution in [1.82, 2.24) is 5.32 Å². The topological polar surface area (TPSA) is 95.9 Å². The third-order valence-corrected chi connectivity index (χ3v) is 11.1. The van der Waals surface area contributed by atoms with E-state index in [0.29, 0.717) is 19.3 Å². The first kappa shape index (κ1) is 58.0. The van der Waals surface area contributed by atoms with Gasteiger partial charge in [0, 0.05) is 6.42 Å². The molecule has 350 valence electrons. The van der Waals surface area contributed by atoms with Crippen LogP contribution in [0.5, 0.6) is 0 Å². The molecule has 0 aromatic carbocycles. The van der Waals surface area contributed by atoms with E-state index in [-0.39, 0.29) is 24.9 Å². The summed E-state index contributed by atoms with van der Waals surface area (Å²) in [7, 11) is 0. The number of hydrogen-bond donors (Lipinski definition) is 3. The zero-order chi connectivity index (χ0) is 44.5. The Morgan fingerprint density at radius 2 is 0.918 bits per heavy atom. The molecule has 3 N–H and O–H groups in total. The summed E-state index contributed by atoms with van der Waals surface area (Å²) in [6.45, 7) is 6.30. The van der Waals surface area contributed by atoms with E-state index in [0.717, 1.165) is 70.6 Å². The van der Waals surface area contributed by atoms with Crippen LogP contribution in [0.3, 0.4) is 0 Å². The molecule has 0 saturated carbocycles. The molecule has 6 heteroatoms. The van der Waals surface area contributed by atoms with Crippen LogP contribution in [0.2, 0.25) is 0 Å². The summed E-state index contributed by atoms with van der Waals surface area (Å²) < 4.78 is 5.88. The van der Waals surface area contributed by atoms with E-state index < -0.39 is 18.2 Å². The number of unbranched alkanes of at least 4 members (excludes halogenated alkanes) is 23. The van der Waals surface area contributed by atoms with Crippen LogP contribution in [-0.2, 0) is 14.3 Å². The minimum absolute atomic E-state index is 0.0345. The zero-order valence-electron chi connectivity index (χ0n) is 39.8. The maximum atomic E-state index is 13.2. The van der Waals surface area contributed by atoms with Gasteiger partial charge in [0.05, 0.1) is 25.2 Å². The van der Waals surface area contributed by atoms with Crippen LogP contribution in [0.25, 0.3) is 0 Å². The van der Waals surface area contributed by atoms with Gasteiger partial charge in [0.25, 0.3) is 0 Å². The van der Waals surface area contributed by atoms with E-state index >= 15 is 0 Å². The van der Waals surface area contributed by atoms with E-state index in [1.165, 1.54) is 109 Å². The van der Waals surface area contributed by atoms with Gasteiger partial charge < -0.3 is 20.3 Å². The molecular weight excluding hydrogens is 755 g/mol. The summed E-state index contributed by atoms with van der Waals surface area (Å²) in [4.78, 5) is 26.1. The molecule has 0 bridgehead atoms. The molecule has 0 aromatic rings. The maximum Gasteiger partial charge on any atom is 0.306 e. The van der Waals surface area contributed by atoms with Crippen LogP contribution in [0, 0.1) is 0 Å². The van der Waals surface area contributed by atoms with Crippen LogP contribution in [0.1, 0.15) is 226 Å². The summed E-state index contributed by atoms with van der Waals surface area (Å²) in [6.07, 6.45) is 62.1. The smallest absolute Gasteiger partial charge is 0.306 e. The summed E-state index contributed by atoms with van der Waals surface area (Å²) >= 11 is 0. The molecule has 0 saturated heterocycles. The van der Waals surface area contributed by atoms with Crippen LogP contribution in [0.15, 0.2) is 85.1 Å². The molecule has 0 spiro atoms. The quantitative estimate of drug-likeness (QED) is 0.0246. The molecule has 3 atom stereocenters. The largest absolute Gasteiger partial charge is 0.462 e. The summed E-state index contributed by atoms with van der Waals surface area (Å²) in [5.41, 5.74) is 0. The van der Waals surface area contributed by atoms with Gasteiger partial charge in [-0.05, 0) is 64.2 Å². The predicted molar refractivity (Wildman–Crippen MR) is 264 cm³/mol. The molecule has 0 radical (unpaired) electrons. The van der Waals surface area contributed by atoms with Crippen molar-refractivity contribution in [3.63, 3.8) is 0 Å². The molecule has 0 aliphatic carbocycles. The van der Waals surface area contributed by atoms with Crippen molar-refractivity contribution >= 4 is 11.9 Å². The molecule has 1 amide bonds. The number of ether oxygens (including phenoxy) is 1. The number of carbonyl (C=O) groups is 2. The van der Waals surface area contributed by atoms with Gasteiger partial charge in [-0.1, -0.05) is 234 Å². The number of amides is 1. The second-order valence-electron chi connectivity index (χ2n) is 17.0. The van der Waals surface area contributed by atoms with Gasteiger partial charge in [0.1, 0.15) is 6.10 Å². The highest BCUT2D eigenvalue weighted by Gasteiger charge is 2.24. The van der Waals surface area contributed by atoms with E-state index in [1.54, 1.807) is 0 Å².